The first-order valence-electron chi connectivity index (χ1n) is 7.93. The van der Waals surface area contributed by atoms with E-state index >= 15 is 0 Å². The van der Waals surface area contributed by atoms with Gasteiger partial charge in [0.05, 0.1) is 0 Å². The van der Waals surface area contributed by atoms with E-state index in [2.05, 4.69) is 45.2 Å². The topological polar surface area (TPSA) is 0 Å². The van der Waals surface area contributed by atoms with Crippen molar-refractivity contribution in [3.05, 3.63) is 12.7 Å². The van der Waals surface area contributed by atoms with Crippen molar-refractivity contribution >= 4 is 30.1 Å². The van der Waals surface area contributed by atoms with Gasteiger partial charge in [0.1, 0.15) is 0 Å². The Morgan fingerprint density at radius 3 is 1.67 bits per heavy atom. The molecule has 0 aliphatic carbocycles. The molecule has 0 spiro atoms. The zero-order chi connectivity index (χ0) is 13.7. The molecule has 108 valence electrons. The van der Waals surface area contributed by atoms with Crippen LogP contribution in [0.3, 0.4) is 0 Å². The Morgan fingerprint density at radius 2 is 1.33 bits per heavy atom. The Kier molecular flexibility index (Phi) is 13.5. The maximum atomic E-state index is 3.87. The van der Waals surface area contributed by atoms with Crippen LogP contribution in [0.15, 0.2) is 12.7 Å². The predicted octanol–water partition coefficient (Wildman–Crippen LogP) is 6.29. The predicted molar refractivity (Wildman–Crippen MR) is 92.4 cm³/mol. The second kappa shape index (κ2) is 12.9. The molecule has 0 aliphatic rings. The summed E-state index contributed by atoms with van der Waals surface area (Å²) >= 11 is 0.386. The fourth-order valence-corrected chi connectivity index (χ4v) is 23.8. The monoisotopic (exact) mass is 378 g/mol. The molecule has 0 nitrogen and oxygen atoms in total. The van der Waals surface area contributed by atoms with Gasteiger partial charge in [0.2, 0.25) is 0 Å². The van der Waals surface area contributed by atoms with Crippen molar-refractivity contribution in [3.8, 4) is 0 Å². The molecule has 0 saturated heterocycles. The second-order valence-corrected chi connectivity index (χ2v) is 22.0. The third-order valence-corrected chi connectivity index (χ3v) is 24.2. The van der Waals surface area contributed by atoms with Gasteiger partial charge in [0.25, 0.3) is 0 Å². The number of rotatable bonds is 13. The van der Waals surface area contributed by atoms with E-state index in [1.54, 1.807) is 17.1 Å². The van der Waals surface area contributed by atoms with E-state index in [9.17, 15) is 0 Å². The maximum absolute atomic E-state index is 3.87. The molecule has 0 aliphatic heterocycles. The van der Waals surface area contributed by atoms with Gasteiger partial charge in [-0.3, -0.25) is 0 Å². The van der Waals surface area contributed by atoms with Crippen molar-refractivity contribution < 1.29 is 0 Å². The normalized spacial score (nSPS) is 11.7. The molecule has 0 radical (unpaired) electrons. The Labute approximate surface area is 124 Å². The molecule has 0 saturated carbocycles. The zero-order valence-corrected chi connectivity index (χ0v) is 16.6. The Morgan fingerprint density at radius 1 is 0.889 bits per heavy atom. The Bertz CT molecular complexity index is 170. The average molecular weight is 377 g/mol. The molecule has 2 heteroatoms. The summed E-state index contributed by atoms with van der Waals surface area (Å²) in [5.41, 5.74) is 0. The molecule has 0 rings (SSSR count). The first kappa shape index (κ1) is 18.9. The van der Waals surface area contributed by atoms with Crippen LogP contribution in [0.2, 0.25) is 13.3 Å². The van der Waals surface area contributed by atoms with Crippen molar-refractivity contribution in [1.82, 2.24) is 0 Å². The summed E-state index contributed by atoms with van der Waals surface area (Å²) in [6.07, 6.45) is 10.8. The van der Waals surface area contributed by atoms with Crippen LogP contribution in [0.5, 0.6) is 0 Å². The van der Waals surface area contributed by atoms with Crippen LogP contribution >= 0.6 is 11.8 Å². The molecule has 0 N–H and O–H groups in total. The molecular formula is C16H34SSn. The summed E-state index contributed by atoms with van der Waals surface area (Å²) < 4.78 is 6.50. The summed E-state index contributed by atoms with van der Waals surface area (Å²) in [7, 11) is 0. The molecule has 0 heterocycles. The van der Waals surface area contributed by atoms with Crippen molar-refractivity contribution in [2.45, 2.75) is 72.6 Å². The van der Waals surface area contributed by atoms with Gasteiger partial charge in [-0.05, 0) is 0 Å². The van der Waals surface area contributed by atoms with Crippen molar-refractivity contribution in [2.75, 3.05) is 9.52 Å². The quantitative estimate of drug-likeness (QED) is 0.206. The summed E-state index contributed by atoms with van der Waals surface area (Å²) in [4.78, 5) is 0. The molecule has 0 atom stereocenters. The molecule has 0 fully saturated rings. The van der Waals surface area contributed by atoms with Crippen LogP contribution in [0, 0.1) is 0 Å². The van der Waals surface area contributed by atoms with Gasteiger partial charge in [-0.2, -0.15) is 0 Å². The molecule has 0 aromatic heterocycles. The Hall–Kier alpha value is 0.889. The fraction of sp³-hybridized carbons (Fsp3) is 0.875. The minimum atomic E-state index is -1.80. The van der Waals surface area contributed by atoms with Crippen LogP contribution in [-0.2, 0) is 0 Å². The van der Waals surface area contributed by atoms with Gasteiger partial charge in [-0.25, -0.2) is 0 Å². The third-order valence-electron chi connectivity index (χ3n) is 3.83. The number of hydrogen-bond acceptors (Lipinski definition) is 1. The van der Waals surface area contributed by atoms with Crippen LogP contribution in [-0.4, -0.2) is 27.9 Å². The van der Waals surface area contributed by atoms with E-state index in [-0.39, 0.29) is 0 Å². The van der Waals surface area contributed by atoms with Gasteiger partial charge in [0, 0.05) is 0 Å². The Balaban J connectivity index is 4.45. The SMILES string of the molecule is C=CCS[CH2][Sn]([CH2]CCC)([CH2]CCC)[CH2]CCC. The van der Waals surface area contributed by atoms with E-state index in [0.29, 0.717) is 0 Å². The van der Waals surface area contributed by atoms with Crippen molar-refractivity contribution in [2.24, 2.45) is 0 Å². The molecule has 0 aromatic carbocycles. The summed E-state index contributed by atoms with van der Waals surface area (Å²) in [5, 5.41) is 0. The number of thioether (sulfide) groups is 1. The minimum absolute atomic E-state index is 1.17. The van der Waals surface area contributed by atoms with Crippen molar-refractivity contribution in [3.63, 3.8) is 0 Å². The van der Waals surface area contributed by atoms with Crippen LogP contribution in [0.25, 0.3) is 0 Å². The molecule has 0 unspecified atom stereocenters. The summed E-state index contributed by atoms with van der Waals surface area (Å²) in [5.74, 6) is 1.17. The van der Waals surface area contributed by atoms with E-state index in [0.717, 1.165) is 0 Å². The standard InChI is InChI=1S/C4H7S.3C4H9.Sn/c1-3-4-5-2;3*1-3-4-2;/h3H,1-2,4H2;3*1,3-4H2,2H3;. The second-order valence-electron chi connectivity index (χ2n) is 5.61. The van der Waals surface area contributed by atoms with E-state index < -0.39 is 18.4 Å². The average Bonchev–Trinajstić information content (AvgIpc) is 2.40. The third kappa shape index (κ3) is 8.90. The van der Waals surface area contributed by atoms with Crippen LogP contribution < -0.4 is 0 Å². The summed E-state index contributed by atoms with van der Waals surface area (Å²) in [6, 6.07) is 0. The first-order valence-corrected chi connectivity index (χ1v) is 17.2. The zero-order valence-electron chi connectivity index (χ0n) is 13.0. The van der Waals surface area contributed by atoms with E-state index in [1.807, 2.05) is 0 Å². The molecular weight excluding hydrogens is 343 g/mol. The first-order chi connectivity index (χ1) is 8.74. The fourth-order valence-electron chi connectivity index (χ4n) is 2.61. The van der Waals surface area contributed by atoms with E-state index in [1.165, 1.54) is 44.3 Å². The van der Waals surface area contributed by atoms with Gasteiger partial charge in [-0.1, -0.05) is 0 Å². The van der Waals surface area contributed by atoms with E-state index in [4.69, 9.17) is 0 Å². The molecule has 0 aromatic rings. The molecule has 0 amide bonds. The number of hydrogen-bond donors (Lipinski definition) is 0. The van der Waals surface area contributed by atoms with Gasteiger partial charge >= 0.3 is 125 Å². The van der Waals surface area contributed by atoms with Crippen LogP contribution in [0.1, 0.15) is 59.3 Å². The van der Waals surface area contributed by atoms with Gasteiger partial charge in [0.15, 0.2) is 0 Å². The molecule has 18 heavy (non-hydrogen) atoms. The van der Waals surface area contributed by atoms with Crippen LogP contribution in [0.4, 0.5) is 0 Å². The summed E-state index contributed by atoms with van der Waals surface area (Å²) in [6.45, 7) is 10.9. The molecule has 0 bridgehead atoms. The van der Waals surface area contributed by atoms with Gasteiger partial charge in [-0.15, -0.1) is 0 Å². The van der Waals surface area contributed by atoms with Gasteiger partial charge < -0.3 is 0 Å². The number of unbranched alkanes of at least 4 members (excludes halogenated alkanes) is 3. The van der Waals surface area contributed by atoms with Crippen molar-refractivity contribution in [1.29, 1.82) is 0 Å².